The van der Waals surface area contributed by atoms with E-state index in [1.807, 2.05) is 10.7 Å². The van der Waals surface area contributed by atoms with Gasteiger partial charge in [0.2, 0.25) is 0 Å². The summed E-state index contributed by atoms with van der Waals surface area (Å²) in [4.78, 5) is 16.5. The van der Waals surface area contributed by atoms with Crippen molar-refractivity contribution in [2.75, 3.05) is 19.6 Å². The van der Waals surface area contributed by atoms with Crippen molar-refractivity contribution < 1.29 is 4.79 Å². The number of hydrogen-bond acceptors (Lipinski definition) is 4. The van der Waals surface area contributed by atoms with Crippen molar-refractivity contribution in [1.82, 2.24) is 25.4 Å². The molecule has 3 heterocycles. The Balaban J connectivity index is 1.72. The summed E-state index contributed by atoms with van der Waals surface area (Å²) in [5.74, 6) is 1.00. The van der Waals surface area contributed by atoms with Gasteiger partial charge < -0.3 is 10.6 Å². The molecule has 2 aromatic rings. The van der Waals surface area contributed by atoms with E-state index >= 15 is 0 Å². The molecule has 2 N–H and O–H groups in total. The van der Waals surface area contributed by atoms with Crippen LogP contribution in [0, 0.1) is 11.8 Å². The first-order chi connectivity index (χ1) is 10.1. The molecule has 21 heavy (non-hydrogen) atoms. The second-order valence-corrected chi connectivity index (χ2v) is 6.09. The van der Waals surface area contributed by atoms with Gasteiger partial charge in [-0.3, -0.25) is 4.79 Å². The normalized spacial score (nSPS) is 15.4. The maximum Gasteiger partial charge on any atom is 0.252 e. The molecule has 1 amide bonds. The summed E-state index contributed by atoms with van der Waals surface area (Å²) in [7, 11) is 0. The van der Waals surface area contributed by atoms with Crippen LogP contribution < -0.4 is 10.6 Å². The fourth-order valence-corrected chi connectivity index (χ4v) is 2.41. The van der Waals surface area contributed by atoms with E-state index in [0.29, 0.717) is 17.4 Å². The zero-order chi connectivity index (χ0) is 14.8. The van der Waals surface area contributed by atoms with E-state index in [2.05, 4.69) is 34.6 Å². The fraction of sp³-hybridized carbons (Fsp3) is 0.533. The Kier molecular flexibility index (Phi) is 3.88. The molecule has 0 radical (unpaired) electrons. The lowest BCUT2D eigenvalue weighted by molar-refractivity contribution is 0.0942. The maximum absolute atomic E-state index is 12.1. The van der Waals surface area contributed by atoms with Crippen LogP contribution in [0.15, 0.2) is 18.5 Å². The van der Waals surface area contributed by atoms with Crippen LogP contribution in [0.4, 0.5) is 0 Å². The molecule has 6 heteroatoms. The Morgan fingerprint density at radius 2 is 2.29 bits per heavy atom. The Hall–Kier alpha value is -1.95. The van der Waals surface area contributed by atoms with E-state index in [9.17, 15) is 4.79 Å². The summed E-state index contributed by atoms with van der Waals surface area (Å²) in [6, 6.07) is 1.86. The molecule has 0 aromatic carbocycles. The third-order valence-corrected chi connectivity index (χ3v) is 3.69. The standard InChI is InChI=1S/C15H21N5O/c1-10(2)9-20-14-12(8-19-20)3-13(7-17-14)15(21)18-6-11-4-16-5-11/h3,7-8,10-11,16H,4-6,9H2,1-2H3,(H,18,21). The average molecular weight is 287 g/mol. The highest BCUT2D eigenvalue weighted by molar-refractivity contribution is 5.96. The minimum atomic E-state index is -0.0621. The van der Waals surface area contributed by atoms with Crippen LogP contribution in [0.25, 0.3) is 11.0 Å². The Morgan fingerprint density at radius 1 is 1.48 bits per heavy atom. The lowest BCUT2D eigenvalue weighted by Crippen LogP contribution is -2.48. The van der Waals surface area contributed by atoms with Crippen LogP contribution in [0.5, 0.6) is 0 Å². The number of carbonyl (C=O) groups excluding carboxylic acids is 1. The van der Waals surface area contributed by atoms with Gasteiger partial charge >= 0.3 is 0 Å². The van der Waals surface area contributed by atoms with Crippen LogP contribution >= 0.6 is 0 Å². The molecule has 2 aromatic heterocycles. The number of aromatic nitrogens is 3. The van der Waals surface area contributed by atoms with Crippen LogP contribution in [-0.4, -0.2) is 40.3 Å². The molecular formula is C15H21N5O. The molecule has 0 saturated carbocycles. The van der Waals surface area contributed by atoms with Gasteiger partial charge in [0, 0.05) is 43.7 Å². The van der Waals surface area contributed by atoms with Gasteiger partial charge in [0.05, 0.1) is 11.8 Å². The zero-order valence-corrected chi connectivity index (χ0v) is 12.5. The minimum absolute atomic E-state index is 0.0621. The van der Waals surface area contributed by atoms with Crippen molar-refractivity contribution in [2.24, 2.45) is 11.8 Å². The summed E-state index contributed by atoms with van der Waals surface area (Å²) in [6.07, 6.45) is 3.41. The predicted octanol–water partition coefficient (Wildman–Crippen LogP) is 1.04. The van der Waals surface area contributed by atoms with Gasteiger partial charge in [0.15, 0.2) is 5.65 Å². The highest BCUT2D eigenvalue weighted by Gasteiger charge is 2.18. The summed E-state index contributed by atoms with van der Waals surface area (Å²) in [5.41, 5.74) is 1.43. The molecule has 6 nitrogen and oxygen atoms in total. The number of carbonyl (C=O) groups is 1. The lowest BCUT2D eigenvalue weighted by Gasteiger charge is -2.27. The topological polar surface area (TPSA) is 71.8 Å². The van der Waals surface area contributed by atoms with Gasteiger partial charge in [-0.2, -0.15) is 5.10 Å². The number of amides is 1. The van der Waals surface area contributed by atoms with E-state index in [4.69, 9.17) is 0 Å². The van der Waals surface area contributed by atoms with E-state index in [-0.39, 0.29) is 5.91 Å². The van der Waals surface area contributed by atoms with Crippen molar-refractivity contribution in [3.63, 3.8) is 0 Å². The summed E-state index contributed by atoms with van der Waals surface area (Å²) in [6.45, 7) is 7.81. The van der Waals surface area contributed by atoms with Gasteiger partial charge in [-0.05, 0) is 12.0 Å². The number of nitrogens with zero attached hydrogens (tertiary/aromatic N) is 3. The molecule has 1 aliphatic rings. The lowest BCUT2D eigenvalue weighted by atomic mass is 10.0. The van der Waals surface area contributed by atoms with Gasteiger partial charge in [-0.1, -0.05) is 13.8 Å². The van der Waals surface area contributed by atoms with Gasteiger partial charge in [0.1, 0.15) is 0 Å². The maximum atomic E-state index is 12.1. The largest absolute Gasteiger partial charge is 0.352 e. The van der Waals surface area contributed by atoms with Crippen molar-refractivity contribution in [2.45, 2.75) is 20.4 Å². The van der Waals surface area contributed by atoms with Gasteiger partial charge in [-0.15, -0.1) is 0 Å². The van der Waals surface area contributed by atoms with Crippen molar-refractivity contribution in [1.29, 1.82) is 0 Å². The second-order valence-electron chi connectivity index (χ2n) is 6.09. The molecule has 3 rings (SSSR count). The Morgan fingerprint density at radius 3 is 2.95 bits per heavy atom. The minimum Gasteiger partial charge on any atom is -0.352 e. The van der Waals surface area contributed by atoms with Gasteiger partial charge in [-0.25, -0.2) is 9.67 Å². The van der Waals surface area contributed by atoms with E-state index in [1.165, 1.54) is 0 Å². The van der Waals surface area contributed by atoms with E-state index in [0.717, 1.165) is 37.2 Å². The van der Waals surface area contributed by atoms with Crippen LogP contribution in [0.1, 0.15) is 24.2 Å². The van der Waals surface area contributed by atoms with E-state index in [1.54, 1.807) is 12.4 Å². The second kappa shape index (κ2) is 5.81. The molecule has 0 bridgehead atoms. The molecule has 0 spiro atoms. The summed E-state index contributed by atoms with van der Waals surface area (Å²) >= 11 is 0. The molecule has 0 aliphatic carbocycles. The molecule has 0 atom stereocenters. The molecule has 1 aliphatic heterocycles. The monoisotopic (exact) mass is 287 g/mol. The number of fused-ring (bicyclic) bond motifs is 1. The Labute approximate surface area is 123 Å². The molecule has 0 unspecified atom stereocenters. The number of pyridine rings is 1. The van der Waals surface area contributed by atoms with Crippen molar-refractivity contribution in [3.8, 4) is 0 Å². The molecule has 1 saturated heterocycles. The third-order valence-electron chi connectivity index (χ3n) is 3.69. The third kappa shape index (κ3) is 3.05. The average Bonchev–Trinajstić information content (AvgIpc) is 2.78. The van der Waals surface area contributed by atoms with Crippen molar-refractivity contribution in [3.05, 3.63) is 24.0 Å². The van der Waals surface area contributed by atoms with Crippen LogP contribution in [0.2, 0.25) is 0 Å². The number of nitrogens with one attached hydrogen (secondary N) is 2. The quantitative estimate of drug-likeness (QED) is 0.862. The first kappa shape index (κ1) is 14.0. The van der Waals surface area contributed by atoms with Gasteiger partial charge in [0.25, 0.3) is 5.91 Å². The number of rotatable bonds is 5. The highest BCUT2D eigenvalue weighted by Crippen LogP contribution is 2.14. The zero-order valence-electron chi connectivity index (χ0n) is 12.5. The highest BCUT2D eigenvalue weighted by atomic mass is 16.1. The SMILES string of the molecule is CC(C)Cn1ncc2cc(C(=O)NCC3CNC3)cnc21. The molecule has 112 valence electrons. The Bertz CT molecular complexity index is 645. The van der Waals surface area contributed by atoms with Crippen LogP contribution in [0.3, 0.4) is 0 Å². The molecular weight excluding hydrogens is 266 g/mol. The summed E-state index contributed by atoms with van der Waals surface area (Å²) < 4.78 is 1.89. The molecule has 1 fully saturated rings. The smallest absolute Gasteiger partial charge is 0.252 e. The fourth-order valence-electron chi connectivity index (χ4n) is 2.41. The summed E-state index contributed by atoms with van der Waals surface area (Å²) in [5, 5.41) is 11.4. The van der Waals surface area contributed by atoms with Crippen LogP contribution in [-0.2, 0) is 6.54 Å². The first-order valence-electron chi connectivity index (χ1n) is 7.44. The van der Waals surface area contributed by atoms with Crippen molar-refractivity contribution >= 4 is 16.9 Å². The predicted molar refractivity (Wildman–Crippen MR) is 81.1 cm³/mol. The number of hydrogen-bond donors (Lipinski definition) is 2. The first-order valence-corrected chi connectivity index (χ1v) is 7.44. The van der Waals surface area contributed by atoms with E-state index < -0.39 is 0 Å².